The molecule has 2 radical (unpaired) electrons. The number of hydrogen-bond donors (Lipinski definition) is 3. The van der Waals surface area contributed by atoms with Gasteiger partial charge in [-0.15, -0.1) is 0 Å². The minimum absolute atomic E-state index is 0.0196. The predicted molar refractivity (Wildman–Crippen MR) is 119 cm³/mol. The Labute approximate surface area is 184 Å². The Morgan fingerprint density at radius 1 is 0.969 bits per heavy atom. The lowest BCUT2D eigenvalue weighted by Crippen LogP contribution is -2.23. The van der Waals surface area contributed by atoms with Gasteiger partial charge in [0.2, 0.25) is 0 Å². The number of amidine groups is 1. The van der Waals surface area contributed by atoms with Gasteiger partial charge in [0.1, 0.15) is 31.1 Å². The van der Waals surface area contributed by atoms with Crippen molar-refractivity contribution in [2.24, 2.45) is 0 Å². The first-order chi connectivity index (χ1) is 15.2. The van der Waals surface area contributed by atoms with E-state index >= 15 is 0 Å². The number of amides is 2. The van der Waals surface area contributed by atoms with Gasteiger partial charge in [0.25, 0.3) is 11.8 Å². The Balaban J connectivity index is 1.84. The molecule has 0 unspecified atom stereocenters. The molecule has 1 heterocycles. The molecule has 0 fully saturated rings. The standard InChI is InChI=1S/C22H18BF2N5O2/c1-30(2)20(26)12-3-6-15(17(25)9-12)21(31)28-18-7-5-14(24)10-16(18)22(32)29-19-8-4-13(23)11-27-19/h3-11,26H,1-2H3,(H,28,31)(H,27,29,32). The van der Waals surface area contributed by atoms with E-state index in [9.17, 15) is 18.4 Å². The molecule has 0 aliphatic rings. The van der Waals surface area contributed by atoms with Crippen molar-refractivity contribution in [1.82, 2.24) is 9.88 Å². The van der Waals surface area contributed by atoms with Gasteiger partial charge in [0.15, 0.2) is 0 Å². The van der Waals surface area contributed by atoms with E-state index in [1.54, 1.807) is 14.1 Å². The molecule has 0 bridgehead atoms. The van der Waals surface area contributed by atoms with Gasteiger partial charge in [-0.05, 0) is 36.4 Å². The van der Waals surface area contributed by atoms with Crippen LogP contribution in [-0.4, -0.2) is 49.5 Å². The molecule has 160 valence electrons. The molecule has 3 rings (SSSR count). The number of hydrogen-bond acceptors (Lipinski definition) is 4. The zero-order chi connectivity index (χ0) is 23.4. The Hall–Kier alpha value is -4.08. The monoisotopic (exact) mass is 433 g/mol. The maximum Gasteiger partial charge on any atom is 0.259 e. The molecule has 2 aromatic carbocycles. The number of rotatable bonds is 5. The summed E-state index contributed by atoms with van der Waals surface area (Å²) in [7, 11) is 8.84. The number of anilines is 2. The van der Waals surface area contributed by atoms with E-state index in [4.69, 9.17) is 13.3 Å². The van der Waals surface area contributed by atoms with E-state index in [1.807, 2.05) is 0 Å². The maximum absolute atomic E-state index is 14.5. The van der Waals surface area contributed by atoms with Gasteiger partial charge in [0.05, 0.1) is 16.8 Å². The summed E-state index contributed by atoms with van der Waals surface area (Å²) in [5, 5.41) is 12.8. The molecule has 10 heteroatoms. The summed E-state index contributed by atoms with van der Waals surface area (Å²) < 4.78 is 28.3. The highest BCUT2D eigenvalue weighted by atomic mass is 19.1. The molecule has 3 N–H and O–H groups in total. The van der Waals surface area contributed by atoms with Crippen LogP contribution < -0.4 is 16.1 Å². The molecule has 0 saturated carbocycles. The molecule has 0 spiro atoms. The third kappa shape index (κ3) is 5.15. The van der Waals surface area contributed by atoms with Crippen molar-refractivity contribution in [2.75, 3.05) is 24.7 Å². The first-order valence-corrected chi connectivity index (χ1v) is 9.35. The minimum atomic E-state index is -0.842. The average molecular weight is 433 g/mol. The lowest BCUT2D eigenvalue weighted by molar-refractivity contribution is 0.102. The van der Waals surface area contributed by atoms with E-state index in [1.165, 1.54) is 41.4 Å². The van der Waals surface area contributed by atoms with Crippen molar-refractivity contribution in [3.8, 4) is 0 Å². The molecule has 1 aromatic heterocycles. The van der Waals surface area contributed by atoms with Gasteiger partial charge in [-0.25, -0.2) is 13.8 Å². The highest BCUT2D eigenvalue weighted by molar-refractivity contribution is 6.32. The number of pyridine rings is 1. The predicted octanol–water partition coefficient (Wildman–Crippen LogP) is 2.55. The van der Waals surface area contributed by atoms with Gasteiger partial charge in [-0.3, -0.25) is 15.0 Å². The Morgan fingerprint density at radius 2 is 1.69 bits per heavy atom. The minimum Gasteiger partial charge on any atom is -0.363 e. The molecule has 32 heavy (non-hydrogen) atoms. The molecule has 0 atom stereocenters. The van der Waals surface area contributed by atoms with Crippen LogP contribution >= 0.6 is 0 Å². The normalized spacial score (nSPS) is 10.4. The molecule has 3 aromatic rings. The third-order valence-corrected chi connectivity index (χ3v) is 4.44. The average Bonchev–Trinajstić information content (AvgIpc) is 2.75. The first-order valence-electron chi connectivity index (χ1n) is 9.35. The smallest absolute Gasteiger partial charge is 0.259 e. The SMILES string of the molecule is [B]c1ccc(NC(=O)c2cc(F)ccc2NC(=O)c2ccc(C(=N)N(C)C)cc2F)nc1. The lowest BCUT2D eigenvalue weighted by atomic mass is 9.99. The summed E-state index contributed by atoms with van der Waals surface area (Å²) in [6, 6.07) is 9.94. The zero-order valence-electron chi connectivity index (χ0n) is 17.2. The fourth-order valence-electron chi connectivity index (χ4n) is 2.77. The number of aromatic nitrogens is 1. The van der Waals surface area contributed by atoms with E-state index in [-0.39, 0.29) is 28.5 Å². The van der Waals surface area contributed by atoms with Crippen LogP contribution in [-0.2, 0) is 0 Å². The van der Waals surface area contributed by atoms with Crippen LogP contribution in [0.1, 0.15) is 26.3 Å². The molecular formula is C22H18BF2N5O2. The maximum atomic E-state index is 14.5. The number of benzene rings is 2. The highest BCUT2D eigenvalue weighted by Gasteiger charge is 2.19. The van der Waals surface area contributed by atoms with E-state index in [0.29, 0.717) is 11.0 Å². The van der Waals surface area contributed by atoms with Crippen LogP contribution in [0, 0.1) is 17.0 Å². The quantitative estimate of drug-likeness (QED) is 0.327. The summed E-state index contributed by atoms with van der Waals surface area (Å²) in [4.78, 5) is 30.7. The molecular weight excluding hydrogens is 415 g/mol. The summed E-state index contributed by atoms with van der Waals surface area (Å²) in [6.45, 7) is 0. The fraction of sp³-hybridized carbons (Fsp3) is 0.0909. The second-order valence-corrected chi connectivity index (χ2v) is 7.01. The van der Waals surface area contributed by atoms with Crippen LogP contribution in [0.4, 0.5) is 20.3 Å². The van der Waals surface area contributed by atoms with Gasteiger partial charge in [0, 0.05) is 25.9 Å². The van der Waals surface area contributed by atoms with Crippen LogP contribution in [0.2, 0.25) is 0 Å². The Kier molecular flexibility index (Phi) is 6.63. The third-order valence-electron chi connectivity index (χ3n) is 4.44. The van der Waals surface area contributed by atoms with Gasteiger partial charge in [-0.2, -0.15) is 0 Å². The zero-order valence-corrected chi connectivity index (χ0v) is 17.2. The number of halogens is 2. The van der Waals surface area contributed by atoms with E-state index in [0.717, 1.165) is 18.2 Å². The lowest BCUT2D eigenvalue weighted by Gasteiger charge is -2.15. The summed E-state index contributed by atoms with van der Waals surface area (Å²) in [5.41, 5.74) is 0.200. The molecule has 0 aliphatic heterocycles. The van der Waals surface area contributed by atoms with Crippen LogP contribution in [0.25, 0.3) is 0 Å². The largest absolute Gasteiger partial charge is 0.363 e. The van der Waals surface area contributed by atoms with Crippen molar-refractivity contribution in [1.29, 1.82) is 5.41 Å². The Morgan fingerprint density at radius 3 is 2.31 bits per heavy atom. The van der Waals surface area contributed by atoms with Crippen molar-refractivity contribution >= 4 is 42.5 Å². The van der Waals surface area contributed by atoms with Crippen LogP contribution in [0.15, 0.2) is 54.7 Å². The second kappa shape index (κ2) is 9.38. The van der Waals surface area contributed by atoms with Crippen LogP contribution in [0.3, 0.4) is 0 Å². The van der Waals surface area contributed by atoms with Gasteiger partial charge in [-0.1, -0.05) is 17.6 Å². The second-order valence-electron chi connectivity index (χ2n) is 7.01. The summed E-state index contributed by atoms with van der Waals surface area (Å²) >= 11 is 0. The summed E-state index contributed by atoms with van der Waals surface area (Å²) in [5.74, 6) is -2.86. The van der Waals surface area contributed by atoms with Crippen molar-refractivity contribution in [3.05, 3.63) is 83.1 Å². The van der Waals surface area contributed by atoms with Crippen molar-refractivity contribution in [3.63, 3.8) is 0 Å². The molecule has 7 nitrogen and oxygen atoms in total. The first kappa shape index (κ1) is 22.6. The van der Waals surface area contributed by atoms with Crippen molar-refractivity contribution in [2.45, 2.75) is 0 Å². The van der Waals surface area contributed by atoms with Crippen LogP contribution in [0.5, 0.6) is 0 Å². The van der Waals surface area contributed by atoms with Gasteiger partial charge >= 0.3 is 0 Å². The van der Waals surface area contributed by atoms with Gasteiger partial charge < -0.3 is 15.5 Å². The number of nitrogens with zero attached hydrogens (tertiary/aromatic N) is 2. The van der Waals surface area contributed by atoms with E-state index < -0.39 is 23.4 Å². The molecule has 2 amide bonds. The number of carbonyl (C=O) groups excluding carboxylic acids is 2. The number of carbonyl (C=O) groups is 2. The fourth-order valence-corrected chi connectivity index (χ4v) is 2.77. The Bertz CT molecular complexity index is 1200. The molecule has 0 saturated heterocycles. The molecule has 0 aliphatic carbocycles. The van der Waals surface area contributed by atoms with E-state index in [2.05, 4.69) is 15.6 Å². The highest BCUT2D eigenvalue weighted by Crippen LogP contribution is 2.21. The van der Waals surface area contributed by atoms with Crippen molar-refractivity contribution < 1.29 is 18.4 Å². The number of nitrogens with one attached hydrogen (secondary N) is 3. The summed E-state index contributed by atoms with van der Waals surface area (Å²) in [6.07, 6.45) is 1.34. The topological polar surface area (TPSA) is 98.2 Å².